The van der Waals surface area contributed by atoms with E-state index in [0.29, 0.717) is 6.54 Å². The molecule has 0 amide bonds. The number of rotatable bonds is 4. The fourth-order valence-corrected chi connectivity index (χ4v) is 1.36. The highest BCUT2D eigenvalue weighted by atomic mass is 19.3. The van der Waals surface area contributed by atoms with E-state index >= 15 is 0 Å². The van der Waals surface area contributed by atoms with Gasteiger partial charge in [0.05, 0.1) is 6.54 Å². The normalized spacial score (nSPS) is 10.6. The van der Waals surface area contributed by atoms with Gasteiger partial charge in [-0.05, 0) is 11.6 Å². The molecule has 0 atom stereocenters. The number of hydrogen-bond acceptors (Lipinski definition) is 2. The first-order valence-corrected chi connectivity index (χ1v) is 4.42. The second-order valence-corrected chi connectivity index (χ2v) is 3.10. The van der Waals surface area contributed by atoms with Crippen molar-refractivity contribution >= 4 is 5.69 Å². The van der Waals surface area contributed by atoms with Crippen LogP contribution in [0.1, 0.15) is 5.56 Å². The predicted octanol–water partition coefficient (Wildman–Crippen LogP) is 1.85. The summed E-state index contributed by atoms with van der Waals surface area (Å²) in [5, 5.41) is 0. The lowest BCUT2D eigenvalue weighted by Crippen LogP contribution is -2.25. The van der Waals surface area contributed by atoms with E-state index < -0.39 is 6.43 Å². The molecule has 0 radical (unpaired) electrons. The van der Waals surface area contributed by atoms with E-state index in [1.165, 1.54) is 4.90 Å². The van der Waals surface area contributed by atoms with Gasteiger partial charge in [-0.15, -0.1) is 0 Å². The van der Waals surface area contributed by atoms with Crippen LogP contribution in [0.4, 0.5) is 14.5 Å². The van der Waals surface area contributed by atoms with Crippen LogP contribution in [0.5, 0.6) is 0 Å². The van der Waals surface area contributed by atoms with Crippen LogP contribution in [0.25, 0.3) is 0 Å². The molecule has 2 nitrogen and oxygen atoms in total. The molecular weight excluding hydrogens is 186 g/mol. The van der Waals surface area contributed by atoms with Gasteiger partial charge < -0.3 is 10.6 Å². The monoisotopic (exact) mass is 200 g/mol. The first kappa shape index (κ1) is 10.9. The van der Waals surface area contributed by atoms with Crippen molar-refractivity contribution in [3.63, 3.8) is 0 Å². The van der Waals surface area contributed by atoms with Gasteiger partial charge in [0.25, 0.3) is 6.43 Å². The Bertz CT molecular complexity index is 289. The summed E-state index contributed by atoms with van der Waals surface area (Å²) in [7, 11) is 1.64. The van der Waals surface area contributed by atoms with Crippen molar-refractivity contribution in [1.29, 1.82) is 0 Å². The Morgan fingerprint density at radius 1 is 1.36 bits per heavy atom. The predicted molar refractivity (Wildman–Crippen MR) is 53.6 cm³/mol. The lowest BCUT2D eigenvalue weighted by atomic mass is 10.1. The minimum atomic E-state index is -2.33. The molecule has 1 aromatic carbocycles. The van der Waals surface area contributed by atoms with Crippen molar-refractivity contribution in [1.82, 2.24) is 0 Å². The highest BCUT2D eigenvalue weighted by Gasteiger charge is 2.10. The first-order valence-electron chi connectivity index (χ1n) is 4.42. The highest BCUT2D eigenvalue weighted by molar-refractivity contribution is 5.52. The molecular formula is C10H14F2N2. The molecule has 2 N–H and O–H groups in total. The van der Waals surface area contributed by atoms with Gasteiger partial charge in [0.15, 0.2) is 0 Å². The first-order chi connectivity index (χ1) is 6.65. The van der Waals surface area contributed by atoms with Gasteiger partial charge in [-0.25, -0.2) is 8.78 Å². The number of hydrogen-bond donors (Lipinski definition) is 1. The zero-order chi connectivity index (χ0) is 10.6. The fraction of sp³-hybridized carbons (Fsp3) is 0.400. The Morgan fingerprint density at radius 2 is 2.00 bits per heavy atom. The van der Waals surface area contributed by atoms with E-state index in [9.17, 15) is 8.78 Å². The standard InChI is InChI=1S/C10H14F2N2/c1-14(7-10(11)12)9-5-3-2-4-8(9)6-13/h2-5,10H,6-7,13H2,1H3. The van der Waals surface area contributed by atoms with Gasteiger partial charge in [0.2, 0.25) is 0 Å². The Labute approximate surface area is 82.3 Å². The number of nitrogens with zero attached hydrogens (tertiary/aromatic N) is 1. The lowest BCUT2D eigenvalue weighted by molar-refractivity contribution is 0.156. The summed E-state index contributed by atoms with van der Waals surface area (Å²) in [4.78, 5) is 1.52. The SMILES string of the molecule is CN(CC(F)F)c1ccccc1CN. The molecule has 0 aromatic heterocycles. The third-order valence-corrected chi connectivity index (χ3v) is 2.03. The van der Waals surface area contributed by atoms with Gasteiger partial charge in [0, 0.05) is 19.3 Å². The number of anilines is 1. The molecule has 4 heteroatoms. The highest BCUT2D eigenvalue weighted by Crippen LogP contribution is 2.19. The maximum atomic E-state index is 12.1. The summed E-state index contributed by atoms with van der Waals surface area (Å²) >= 11 is 0. The van der Waals surface area contributed by atoms with Crippen LogP contribution in [-0.4, -0.2) is 20.0 Å². The molecule has 0 bridgehead atoms. The third-order valence-electron chi connectivity index (χ3n) is 2.03. The van der Waals surface area contributed by atoms with E-state index in [2.05, 4.69) is 0 Å². The van der Waals surface area contributed by atoms with Crippen LogP contribution < -0.4 is 10.6 Å². The van der Waals surface area contributed by atoms with Crippen LogP contribution >= 0.6 is 0 Å². The average Bonchev–Trinajstić information content (AvgIpc) is 2.16. The zero-order valence-electron chi connectivity index (χ0n) is 8.08. The minimum Gasteiger partial charge on any atom is -0.369 e. The van der Waals surface area contributed by atoms with Gasteiger partial charge in [0.1, 0.15) is 0 Å². The number of benzene rings is 1. The van der Waals surface area contributed by atoms with Crippen LogP contribution in [0.3, 0.4) is 0 Å². The van der Waals surface area contributed by atoms with E-state index in [0.717, 1.165) is 11.3 Å². The quantitative estimate of drug-likeness (QED) is 0.803. The van der Waals surface area contributed by atoms with E-state index in [1.54, 1.807) is 13.1 Å². The number of halogens is 2. The van der Waals surface area contributed by atoms with Crippen molar-refractivity contribution in [2.45, 2.75) is 13.0 Å². The third kappa shape index (κ3) is 2.67. The van der Waals surface area contributed by atoms with Gasteiger partial charge in [-0.2, -0.15) is 0 Å². The summed E-state index contributed by atoms with van der Waals surface area (Å²) in [6.07, 6.45) is -2.33. The zero-order valence-corrected chi connectivity index (χ0v) is 8.08. The molecule has 0 saturated heterocycles. The summed E-state index contributed by atoms with van der Waals surface area (Å²) in [6.45, 7) is 0.0980. The Balaban J connectivity index is 2.82. The van der Waals surface area contributed by atoms with Gasteiger partial charge >= 0.3 is 0 Å². The smallest absolute Gasteiger partial charge is 0.255 e. The van der Waals surface area contributed by atoms with Crippen LogP contribution in [0, 0.1) is 0 Å². The molecule has 78 valence electrons. The average molecular weight is 200 g/mol. The molecule has 0 saturated carbocycles. The minimum absolute atomic E-state index is 0.267. The van der Waals surface area contributed by atoms with E-state index in [-0.39, 0.29) is 6.54 Å². The second-order valence-electron chi connectivity index (χ2n) is 3.10. The molecule has 1 rings (SSSR count). The Hall–Kier alpha value is -1.16. The van der Waals surface area contributed by atoms with Gasteiger partial charge in [-0.1, -0.05) is 18.2 Å². The maximum absolute atomic E-state index is 12.1. The molecule has 0 aliphatic rings. The molecule has 14 heavy (non-hydrogen) atoms. The fourth-order valence-electron chi connectivity index (χ4n) is 1.36. The van der Waals surface area contributed by atoms with Crippen LogP contribution in [0.2, 0.25) is 0 Å². The largest absolute Gasteiger partial charge is 0.369 e. The molecule has 0 aliphatic heterocycles. The molecule has 0 fully saturated rings. The summed E-state index contributed by atoms with van der Waals surface area (Å²) in [6, 6.07) is 7.31. The summed E-state index contributed by atoms with van der Waals surface area (Å²) in [5.41, 5.74) is 7.16. The van der Waals surface area contributed by atoms with Crippen LogP contribution in [-0.2, 0) is 6.54 Å². The van der Waals surface area contributed by atoms with Crippen molar-refractivity contribution < 1.29 is 8.78 Å². The molecule has 0 aliphatic carbocycles. The molecule has 0 spiro atoms. The van der Waals surface area contributed by atoms with Crippen molar-refractivity contribution in [3.8, 4) is 0 Å². The Kier molecular flexibility index (Phi) is 3.83. The number of nitrogens with two attached hydrogens (primary N) is 1. The number of para-hydroxylation sites is 1. The van der Waals surface area contributed by atoms with Crippen molar-refractivity contribution in [2.24, 2.45) is 5.73 Å². The molecule has 1 aromatic rings. The van der Waals surface area contributed by atoms with Crippen molar-refractivity contribution in [2.75, 3.05) is 18.5 Å². The lowest BCUT2D eigenvalue weighted by Gasteiger charge is -2.21. The molecule has 0 heterocycles. The topological polar surface area (TPSA) is 29.3 Å². The Morgan fingerprint density at radius 3 is 2.57 bits per heavy atom. The second kappa shape index (κ2) is 4.91. The van der Waals surface area contributed by atoms with E-state index in [1.807, 2.05) is 18.2 Å². The van der Waals surface area contributed by atoms with Crippen LogP contribution in [0.15, 0.2) is 24.3 Å². The summed E-state index contributed by atoms with van der Waals surface area (Å²) in [5.74, 6) is 0. The molecule has 0 unspecified atom stereocenters. The number of alkyl halides is 2. The van der Waals surface area contributed by atoms with Gasteiger partial charge in [-0.3, -0.25) is 0 Å². The summed E-state index contributed by atoms with van der Waals surface area (Å²) < 4.78 is 24.3. The van der Waals surface area contributed by atoms with Crippen molar-refractivity contribution in [3.05, 3.63) is 29.8 Å². The van der Waals surface area contributed by atoms with E-state index in [4.69, 9.17) is 5.73 Å². The maximum Gasteiger partial charge on any atom is 0.255 e.